The van der Waals surface area contributed by atoms with Gasteiger partial charge in [0.15, 0.2) is 0 Å². The van der Waals surface area contributed by atoms with Crippen LogP contribution in [0.25, 0.3) is 6.08 Å². The van der Waals surface area contributed by atoms with Crippen LogP contribution in [-0.4, -0.2) is 43.8 Å². The van der Waals surface area contributed by atoms with Crippen molar-refractivity contribution in [2.75, 3.05) is 18.4 Å². The van der Waals surface area contributed by atoms with Gasteiger partial charge in [0.25, 0.3) is 0 Å². The molecule has 0 atom stereocenters. The largest absolute Gasteiger partial charge is 0.345 e. The van der Waals surface area contributed by atoms with Gasteiger partial charge < -0.3 is 15.2 Å². The summed E-state index contributed by atoms with van der Waals surface area (Å²) in [6.07, 6.45) is 11.5. The van der Waals surface area contributed by atoms with Crippen molar-refractivity contribution in [2.24, 2.45) is 5.92 Å². The van der Waals surface area contributed by atoms with Gasteiger partial charge >= 0.3 is 0 Å². The molecule has 0 unspecified atom stereocenters. The Hall–Kier alpha value is -3.48. The van der Waals surface area contributed by atoms with E-state index < -0.39 is 0 Å². The van der Waals surface area contributed by atoms with Gasteiger partial charge in [-0.1, -0.05) is 6.07 Å². The molecule has 0 saturated carbocycles. The van der Waals surface area contributed by atoms with Crippen molar-refractivity contribution in [3.63, 3.8) is 0 Å². The number of nitrogens with zero attached hydrogens (tertiary/aromatic N) is 4. The predicted octanol–water partition coefficient (Wildman–Crippen LogP) is 3.75. The van der Waals surface area contributed by atoms with Crippen LogP contribution in [0, 0.1) is 12.8 Å². The molecule has 4 heterocycles. The van der Waals surface area contributed by atoms with E-state index in [4.69, 9.17) is 0 Å². The van der Waals surface area contributed by atoms with Gasteiger partial charge in [-0.15, -0.1) is 0 Å². The fourth-order valence-electron chi connectivity index (χ4n) is 3.73. The van der Waals surface area contributed by atoms with Crippen molar-refractivity contribution >= 4 is 23.6 Å². The molecule has 7 nitrogen and oxygen atoms in total. The third-order valence-corrected chi connectivity index (χ3v) is 5.34. The Kier molecular flexibility index (Phi) is 6.17. The van der Waals surface area contributed by atoms with Gasteiger partial charge in [-0.25, -0.2) is 15.0 Å². The number of H-pyrrole nitrogens is 1. The molecule has 1 aliphatic heterocycles. The summed E-state index contributed by atoms with van der Waals surface area (Å²) in [5.74, 6) is 2.24. The van der Waals surface area contributed by atoms with Gasteiger partial charge in [-0.2, -0.15) is 0 Å². The van der Waals surface area contributed by atoms with Crippen LogP contribution in [0.5, 0.6) is 0 Å². The number of hydrogen-bond donors (Lipinski definition) is 2. The van der Waals surface area contributed by atoms with Gasteiger partial charge in [0.05, 0.1) is 18.2 Å². The van der Waals surface area contributed by atoms with Crippen molar-refractivity contribution in [1.29, 1.82) is 0 Å². The first-order valence-electron chi connectivity index (χ1n) is 10.3. The molecule has 1 aliphatic rings. The average Bonchev–Trinajstić information content (AvgIpc) is 3.27. The number of rotatable bonds is 6. The molecule has 30 heavy (non-hydrogen) atoms. The number of imidazole rings is 1. The van der Waals surface area contributed by atoms with E-state index in [2.05, 4.69) is 37.4 Å². The molecule has 1 saturated heterocycles. The Morgan fingerprint density at radius 1 is 1.27 bits per heavy atom. The first-order valence-corrected chi connectivity index (χ1v) is 10.3. The van der Waals surface area contributed by atoms with Crippen molar-refractivity contribution in [3.8, 4) is 0 Å². The lowest BCUT2D eigenvalue weighted by Gasteiger charge is -2.31. The van der Waals surface area contributed by atoms with Gasteiger partial charge in [0, 0.05) is 31.1 Å². The van der Waals surface area contributed by atoms with Crippen LogP contribution in [0.4, 0.5) is 11.6 Å². The Labute approximate surface area is 176 Å². The maximum Gasteiger partial charge on any atom is 0.246 e. The molecule has 3 aromatic rings. The predicted molar refractivity (Wildman–Crippen MR) is 117 cm³/mol. The smallest absolute Gasteiger partial charge is 0.246 e. The number of aromatic amines is 1. The molecule has 0 bridgehead atoms. The van der Waals surface area contributed by atoms with Gasteiger partial charge in [0.1, 0.15) is 11.6 Å². The van der Waals surface area contributed by atoms with E-state index in [1.54, 1.807) is 24.7 Å². The first kappa shape index (κ1) is 19.8. The molecular formula is C23H26N6O. The molecule has 1 fully saturated rings. The summed E-state index contributed by atoms with van der Waals surface area (Å²) in [7, 11) is 0. The van der Waals surface area contributed by atoms with Crippen LogP contribution in [0.1, 0.15) is 29.8 Å². The number of carbonyl (C=O) groups excluding carboxylic acids is 1. The van der Waals surface area contributed by atoms with Crippen LogP contribution in [-0.2, 0) is 11.2 Å². The zero-order chi connectivity index (χ0) is 20.8. The van der Waals surface area contributed by atoms with Crippen molar-refractivity contribution in [2.45, 2.75) is 26.2 Å². The van der Waals surface area contributed by atoms with Crippen LogP contribution in [0.3, 0.4) is 0 Å². The van der Waals surface area contributed by atoms with E-state index in [1.807, 2.05) is 36.2 Å². The maximum absolute atomic E-state index is 12.4. The molecule has 7 heteroatoms. The number of piperidine rings is 1. The average molecular weight is 403 g/mol. The van der Waals surface area contributed by atoms with Gasteiger partial charge in [0.2, 0.25) is 5.91 Å². The summed E-state index contributed by atoms with van der Waals surface area (Å²) >= 11 is 0. The number of nitrogens with one attached hydrogen (secondary N) is 2. The zero-order valence-corrected chi connectivity index (χ0v) is 17.1. The molecule has 154 valence electrons. The van der Waals surface area contributed by atoms with E-state index >= 15 is 0 Å². The van der Waals surface area contributed by atoms with Crippen LogP contribution in [0.2, 0.25) is 0 Å². The van der Waals surface area contributed by atoms with Gasteiger partial charge in [-0.05, 0) is 68.0 Å². The fraction of sp³-hybridized carbons (Fsp3) is 0.304. The number of amides is 1. The zero-order valence-electron chi connectivity index (χ0n) is 17.1. The number of carbonyl (C=O) groups is 1. The number of hydrogen-bond acceptors (Lipinski definition) is 5. The molecular weight excluding hydrogens is 376 g/mol. The minimum Gasteiger partial charge on any atom is -0.345 e. The van der Waals surface area contributed by atoms with E-state index in [1.165, 1.54) is 5.56 Å². The van der Waals surface area contributed by atoms with Crippen LogP contribution >= 0.6 is 0 Å². The Bertz CT molecular complexity index is 1010. The highest BCUT2D eigenvalue weighted by Crippen LogP contribution is 2.23. The van der Waals surface area contributed by atoms with Crippen molar-refractivity contribution < 1.29 is 4.79 Å². The fourth-order valence-corrected chi connectivity index (χ4v) is 3.73. The summed E-state index contributed by atoms with van der Waals surface area (Å²) in [5, 5.41) is 3.28. The number of pyridine rings is 2. The van der Waals surface area contributed by atoms with E-state index in [-0.39, 0.29) is 5.91 Å². The second kappa shape index (κ2) is 9.35. The lowest BCUT2D eigenvalue weighted by Crippen LogP contribution is -2.37. The number of anilines is 2. The third kappa shape index (κ3) is 5.31. The summed E-state index contributed by atoms with van der Waals surface area (Å²) in [4.78, 5) is 30.1. The molecule has 0 aliphatic carbocycles. The molecule has 0 radical (unpaired) electrons. The SMILES string of the molecule is Cc1cccc(Nc2cc(CC3CCN(C(=O)/C=C/c4cnc[nH]4)CC3)ccn2)n1. The molecule has 2 N–H and O–H groups in total. The molecule has 4 rings (SSSR count). The normalized spacial score (nSPS) is 14.9. The molecule has 3 aromatic heterocycles. The molecule has 0 aromatic carbocycles. The highest BCUT2D eigenvalue weighted by atomic mass is 16.2. The third-order valence-electron chi connectivity index (χ3n) is 5.34. The number of likely N-dealkylation sites (tertiary alicyclic amines) is 1. The van der Waals surface area contributed by atoms with Gasteiger partial charge in [-0.3, -0.25) is 4.79 Å². The minimum atomic E-state index is 0.0594. The van der Waals surface area contributed by atoms with Crippen LogP contribution < -0.4 is 5.32 Å². The molecule has 0 spiro atoms. The highest BCUT2D eigenvalue weighted by Gasteiger charge is 2.22. The Morgan fingerprint density at radius 2 is 2.13 bits per heavy atom. The molecule has 1 amide bonds. The van der Waals surface area contributed by atoms with E-state index in [9.17, 15) is 4.79 Å². The quantitative estimate of drug-likeness (QED) is 0.613. The summed E-state index contributed by atoms with van der Waals surface area (Å²) < 4.78 is 0. The van der Waals surface area contributed by atoms with E-state index in [0.717, 1.165) is 55.4 Å². The number of aryl methyl sites for hydroxylation is 1. The standard InChI is InChI=1S/C23H26N6O/c1-17-3-2-4-21(27-17)28-22-14-19(7-10-25-22)13-18-8-11-29(12-9-18)23(30)6-5-20-15-24-16-26-20/h2-7,10,14-16,18H,8-9,11-13H2,1H3,(H,24,26)(H,25,27,28)/b6-5+. The lowest BCUT2D eigenvalue weighted by atomic mass is 9.90. The minimum absolute atomic E-state index is 0.0594. The lowest BCUT2D eigenvalue weighted by molar-refractivity contribution is -0.127. The summed E-state index contributed by atoms with van der Waals surface area (Å²) in [6, 6.07) is 10.1. The van der Waals surface area contributed by atoms with E-state index in [0.29, 0.717) is 5.92 Å². The van der Waals surface area contributed by atoms with Crippen LogP contribution in [0.15, 0.2) is 55.1 Å². The number of aromatic nitrogens is 4. The van der Waals surface area contributed by atoms with Crippen molar-refractivity contribution in [3.05, 3.63) is 72.1 Å². The summed E-state index contributed by atoms with van der Waals surface area (Å²) in [6.45, 7) is 3.56. The highest BCUT2D eigenvalue weighted by molar-refractivity contribution is 5.91. The maximum atomic E-state index is 12.4. The summed E-state index contributed by atoms with van der Waals surface area (Å²) in [5.41, 5.74) is 3.06. The first-order chi connectivity index (χ1) is 14.7. The topological polar surface area (TPSA) is 86.8 Å². The van der Waals surface area contributed by atoms with Crippen molar-refractivity contribution in [1.82, 2.24) is 24.8 Å². The second-order valence-corrected chi connectivity index (χ2v) is 7.65. The monoisotopic (exact) mass is 402 g/mol. The second-order valence-electron chi connectivity index (χ2n) is 7.65. The Morgan fingerprint density at radius 3 is 2.90 bits per heavy atom. The Balaban J connectivity index is 1.29.